The molecular formula is C29H38ClF4NO4. The van der Waals surface area contributed by atoms with Crippen molar-refractivity contribution in [1.29, 1.82) is 0 Å². The molecular weight excluding hydrogens is 538 g/mol. The Kier molecular flexibility index (Phi) is 12.1. The molecule has 0 spiro atoms. The van der Waals surface area contributed by atoms with Gasteiger partial charge in [0.05, 0.1) is 0 Å². The first-order valence-electron chi connectivity index (χ1n) is 13.0. The van der Waals surface area contributed by atoms with E-state index in [-0.39, 0.29) is 35.8 Å². The fourth-order valence-corrected chi connectivity index (χ4v) is 6.08. The van der Waals surface area contributed by atoms with Crippen LogP contribution in [-0.2, 0) is 27.8 Å². The first-order valence-corrected chi connectivity index (χ1v) is 13.0. The van der Waals surface area contributed by atoms with Crippen molar-refractivity contribution in [2.24, 2.45) is 11.8 Å². The number of methoxy groups -OCH3 is 1. The Labute approximate surface area is 233 Å². The molecule has 0 amide bonds. The molecule has 0 heterocycles. The summed E-state index contributed by atoms with van der Waals surface area (Å²) in [6.45, 7) is 4.05. The van der Waals surface area contributed by atoms with Crippen molar-refractivity contribution < 1.29 is 36.9 Å². The predicted octanol–water partition coefficient (Wildman–Crippen LogP) is 6.36. The number of benzene rings is 2. The standard InChI is InChI=1S/C29H37F4NO4.ClH/c1-19(2)29(26(37-3)27(35)36)22(10-9-21-17-23(30)11-12-25(21)29)13-15-34-14-5-7-20-6-4-8-24(16-20)38-18-28(31,32)33;/h4,6,8,11-12,16-17,19,22,26,34H,5,7,9-10,13-15,18H2,1-3H3,(H,35,36);1H. The van der Waals surface area contributed by atoms with Crippen LogP contribution >= 0.6 is 12.4 Å². The van der Waals surface area contributed by atoms with Gasteiger partial charge in [-0.15, -0.1) is 12.4 Å². The molecule has 39 heavy (non-hydrogen) atoms. The number of carboxylic acid groups (broad SMARTS) is 1. The first-order chi connectivity index (χ1) is 18.0. The minimum absolute atomic E-state index is 0. The Balaban J connectivity index is 0.00000533. The van der Waals surface area contributed by atoms with Gasteiger partial charge in [-0.1, -0.05) is 32.0 Å². The molecule has 10 heteroatoms. The number of alkyl halides is 3. The fraction of sp³-hybridized carbons (Fsp3) is 0.552. The molecule has 0 fully saturated rings. The van der Waals surface area contributed by atoms with E-state index < -0.39 is 30.3 Å². The van der Waals surface area contributed by atoms with Crippen LogP contribution < -0.4 is 10.1 Å². The molecule has 3 rings (SSSR count). The largest absolute Gasteiger partial charge is 0.484 e. The van der Waals surface area contributed by atoms with Gasteiger partial charge in [-0.25, -0.2) is 9.18 Å². The normalized spacial score (nSPS) is 19.7. The van der Waals surface area contributed by atoms with Gasteiger partial charge in [-0.2, -0.15) is 13.2 Å². The number of hydrogen-bond donors (Lipinski definition) is 2. The molecule has 0 radical (unpaired) electrons. The minimum atomic E-state index is -4.38. The second kappa shape index (κ2) is 14.3. The monoisotopic (exact) mass is 575 g/mol. The van der Waals surface area contributed by atoms with Crippen molar-refractivity contribution in [3.8, 4) is 5.75 Å². The zero-order chi connectivity index (χ0) is 27.9. The van der Waals surface area contributed by atoms with E-state index in [2.05, 4.69) is 5.32 Å². The number of nitrogens with one attached hydrogen (secondary N) is 1. The van der Waals surface area contributed by atoms with Gasteiger partial charge in [0.2, 0.25) is 0 Å². The summed E-state index contributed by atoms with van der Waals surface area (Å²) in [5, 5.41) is 13.5. The summed E-state index contributed by atoms with van der Waals surface area (Å²) >= 11 is 0. The Morgan fingerprint density at radius 2 is 1.92 bits per heavy atom. The second-order valence-electron chi connectivity index (χ2n) is 10.3. The van der Waals surface area contributed by atoms with E-state index in [1.807, 2.05) is 19.9 Å². The van der Waals surface area contributed by atoms with E-state index in [1.165, 1.54) is 25.3 Å². The number of carboxylic acids is 1. The Morgan fingerprint density at radius 3 is 2.56 bits per heavy atom. The summed E-state index contributed by atoms with van der Waals surface area (Å²) in [4.78, 5) is 12.3. The smallest absolute Gasteiger partial charge is 0.422 e. The topological polar surface area (TPSA) is 67.8 Å². The lowest BCUT2D eigenvalue weighted by molar-refractivity contribution is -0.158. The summed E-state index contributed by atoms with van der Waals surface area (Å²) in [6.07, 6.45) is -1.85. The fourth-order valence-electron chi connectivity index (χ4n) is 6.08. The molecule has 5 nitrogen and oxygen atoms in total. The number of fused-ring (bicyclic) bond motifs is 1. The molecule has 218 valence electrons. The summed E-state index contributed by atoms with van der Waals surface area (Å²) in [5.74, 6) is -1.22. The van der Waals surface area contributed by atoms with Gasteiger partial charge in [-0.05, 0) is 98.0 Å². The van der Waals surface area contributed by atoms with Crippen LogP contribution in [0.4, 0.5) is 17.6 Å². The Morgan fingerprint density at radius 1 is 1.18 bits per heavy atom. The van der Waals surface area contributed by atoms with Crippen LogP contribution in [0.25, 0.3) is 0 Å². The highest BCUT2D eigenvalue weighted by atomic mass is 35.5. The van der Waals surface area contributed by atoms with Gasteiger partial charge in [0, 0.05) is 12.5 Å². The van der Waals surface area contributed by atoms with Crippen LogP contribution in [0.15, 0.2) is 42.5 Å². The van der Waals surface area contributed by atoms with Gasteiger partial charge >= 0.3 is 12.1 Å². The summed E-state index contributed by atoms with van der Waals surface area (Å²) in [7, 11) is 1.42. The molecule has 1 aliphatic carbocycles. The van der Waals surface area contributed by atoms with Crippen LogP contribution in [0, 0.1) is 17.7 Å². The van der Waals surface area contributed by atoms with Crippen molar-refractivity contribution in [2.75, 3.05) is 26.8 Å². The first kappa shape index (κ1) is 32.8. The van der Waals surface area contributed by atoms with Crippen LogP contribution in [-0.4, -0.2) is 50.2 Å². The maximum atomic E-state index is 14.0. The molecule has 0 aromatic heterocycles. The van der Waals surface area contributed by atoms with Gasteiger partial charge < -0.3 is 19.9 Å². The number of aliphatic carboxylic acids is 1. The van der Waals surface area contributed by atoms with E-state index in [1.54, 1.807) is 18.2 Å². The summed E-state index contributed by atoms with van der Waals surface area (Å²) < 4.78 is 61.6. The third-order valence-corrected chi connectivity index (χ3v) is 7.61. The van der Waals surface area contributed by atoms with E-state index in [9.17, 15) is 27.5 Å². The van der Waals surface area contributed by atoms with Gasteiger partial charge in [-0.3, -0.25) is 0 Å². The molecule has 1 aliphatic rings. The average Bonchev–Trinajstić information content (AvgIpc) is 2.85. The lowest BCUT2D eigenvalue weighted by atomic mass is 9.54. The molecule has 2 N–H and O–H groups in total. The number of carbonyl (C=O) groups is 1. The maximum absolute atomic E-state index is 14.0. The van der Waals surface area contributed by atoms with Crippen molar-refractivity contribution >= 4 is 18.4 Å². The highest BCUT2D eigenvalue weighted by molar-refractivity contribution is 5.85. The van der Waals surface area contributed by atoms with E-state index in [0.29, 0.717) is 25.9 Å². The second-order valence-corrected chi connectivity index (χ2v) is 10.3. The summed E-state index contributed by atoms with van der Waals surface area (Å²) in [5.41, 5.74) is 1.78. The third-order valence-electron chi connectivity index (χ3n) is 7.61. The SMILES string of the molecule is COC(C(=O)O)C1(C(C)C)c2ccc(F)cc2CCC1CCNCCCc1cccc(OCC(F)(F)F)c1.Cl. The Bertz CT molecular complexity index is 1080. The number of ether oxygens (including phenoxy) is 2. The zero-order valence-electron chi connectivity index (χ0n) is 22.5. The Hall–Kier alpha value is -2.36. The third kappa shape index (κ3) is 8.08. The molecule has 0 saturated heterocycles. The molecule has 2 aromatic rings. The van der Waals surface area contributed by atoms with E-state index in [4.69, 9.17) is 9.47 Å². The van der Waals surface area contributed by atoms with E-state index in [0.717, 1.165) is 36.0 Å². The van der Waals surface area contributed by atoms with Crippen molar-refractivity contribution in [2.45, 2.75) is 63.6 Å². The molecule has 3 atom stereocenters. The molecule has 3 unspecified atom stereocenters. The quantitative estimate of drug-likeness (QED) is 0.215. The van der Waals surface area contributed by atoms with Crippen molar-refractivity contribution in [1.82, 2.24) is 5.32 Å². The number of rotatable bonds is 13. The predicted molar refractivity (Wildman–Crippen MR) is 144 cm³/mol. The van der Waals surface area contributed by atoms with Crippen molar-refractivity contribution in [3.05, 3.63) is 65.0 Å². The maximum Gasteiger partial charge on any atom is 0.422 e. The van der Waals surface area contributed by atoms with Crippen molar-refractivity contribution in [3.63, 3.8) is 0 Å². The minimum Gasteiger partial charge on any atom is -0.484 e. The van der Waals surface area contributed by atoms with Crippen LogP contribution in [0.2, 0.25) is 0 Å². The molecule has 0 bridgehead atoms. The number of halogens is 5. The number of hydrogen-bond acceptors (Lipinski definition) is 4. The lowest BCUT2D eigenvalue weighted by Gasteiger charge is -2.51. The molecule has 0 aliphatic heterocycles. The van der Waals surface area contributed by atoms with Gasteiger partial charge in [0.25, 0.3) is 0 Å². The van der Waals surface area contributed by atoms with Gasteiger partial charge in [0.1, 0.15) is 11.6 Å². The van der Waals surface area contributed by atoms with Crippen LogP contribution in [0.5, 0.6) is 5.75 Å². The highest BCUT2D eigenvalue weighted by Gasteiger charge is 2.54. The molecule has 0 saturated carbocycles. The lowest BCUT2D eigenvalue weighted by Crippen LogP contribution is -2.56. The summed E-state index contributed by atoms with van der Waals surface area (Å²) in [6, 6.07) is 11.3. The van der Waals surface area contributed by atoms with Crippen LogP contribution in [0.1, 0.15) is 49.8 Å². The molecule has 2 aromatic carbocycles. The average molecular weight is 576 g/mol. The number of aryl methyl sites for hydroxylation is 2. The van der Waals surface area contributed by atoms with Gasteiger partial charge in [0.15, 0.2) is 12.7 Å². The highest BCUT2D eigenvalue weighted by Crippen LogP contribution is 2.51. The van der Waals surface area contributed by atoms with Crippen LogP contribution in [0.3, 0.4) is 0 Å². The zero-order valence-corrected chi connectivity index (χ0v) is 23.3. The van der Waals surface area contributed by atoms with E-state index >= 15 is 0 Å².